The van der Waals surface area contributed by atoms with Gasteiger partial charge in [-0.3, -0.25) is 9.00 Å². The number of hydrogen-bond acceptors (Lipinski definition) is 3. The molecule has 1 aromatic carbocycles. The van der Waals surface area contributed by atoms with Gasteiger partial charge in [-0.2, -0.15) is 0 Å². The van der Waals surface area contributed by atoms with Gasteiger partial charge in [0.15, 0.2) is 0 Å². The third-order valence-corrected chi connectivity index (χ3v) is 5.81. The Labute approximate surface area is 131 Å². The molecule has 1 aromatic heterocycles. The van der Waals surface area contributed by atoms with E-state index in [1.165, 1.54) is 0 Å². The minimum atomic E-state index is -1.21. The van der Waals surface area contributed by atoms with Crippen LogP contribution in [0.25, 0.3) is 0 Å². The molecule has 2 rings (SSSR count). The Morgan fingerprint density at radius 1 is 1.29 bits per heavy atom. The van der Waals surface area contributed by atoms with Gasteiger partial charge in [0.1, 0.15) is 5.25 Å². The molecule has 0 fully saturated rings. The molecule has 1 N–H and O–H groups in total. The molecule has 0 saturated heterocycles. The van der Waals surface area contributed by atoms with E-state index in [1.807, 2.05) is 48.7 Å². The first kappa shape index (κ1) is 15.9. The first-order valence-electron chi connectivity index (χ1n) is 6.79. The van der Waals surface area contributed by atoms with Crippen LogP contribution in [-0.4, -0.2) is 15.4 Å². The van der Waals surface area contributed by atoms with Gasteiger partial charge in [-0.25, -0.2) is 0 Å². The van der Waals surface area contributed by atoms with E-state index >= 15 is 0 Å². The van der Waals surface area contributed by atoms with Crippen molar-refractivity contribution in [1.82, 2.24) is 5.32 Å². The molecule has 1 amide bonds. The van der Waals surface area contributed by atoms with E-state index in [4.69, 9.17) is 0 Å². The quantitative estimate of drug-likeness (QED) is 0.889. The van der Waals surface area contributed by atoms with Crippen molar-refractivity contribution >= 4 is 28.0 Å². The van der Waals surface area contributed by atoms with Crippen molar-refractivity contribution in [3.05, 3.63) is 57.8 Å². The van der Waals surface area contributed by atoms with Gasteiger partial charge in [0.05, 0.1) is 6.54 Å². The summed E-state index contributed by atoms with van der Waals surface area (Å²) < 4.78 is 12.3. The van der Waals surface area contributed by atoms with Crippen LogP contribution in [0, 0.1) is 6.92 Å². The van der Waals surface area contributed by atoms with Crippen LogP contribution in [0.1, 0.15) is 22.9 Å². The predicted octanol–water partition coefficient (Wildman–Crippen LogP) is 3.01. The van der Waals surface area contributed by atoms with Crippen LogP contribution in [0.4, 0.5) is 0 Å². The number of nitrogens with one attached hydrogen (secondary N) is 1. The number of aryl methyl sites for hydroxylation is 1. The molecule has 0 saturated carbocycles. The molecule has 0 bridgehead atoms. The smallest absolute Gasteiger partial charge is 0.235 e. The Hall–Kier alpha value is -1.46. The van der Waals surface area contributed by atoms with E-state index in [2.05, 4.69) is 5.32 Å². The summed E-state index contributed by atoms with van der Waals surface area (Å²) in [6.07, 6.45) is 0. The summed E-state index contributed by atoms with van der Waals surface area (Å²) >= 11 is 1.60. The fraction of sp³-hybridized carbons (Fsp3) is 0.312. The first-order valence-corrected chi connectivity index (χ1v) is 9.06. The highest BCUT2D eigenvalue weighted by molar-refractivity contribution is 7.85. The van der Waals surface area contributed by atoms with E-state index in [0.717, 1.165) is 16.0 Å². The summed E-state index contributed by atoms with van der Waals surface area (Å²) in [7, 11) is -1.21. The van der Waals surface area contributed by atoms with Gasteiger partial charge < -0.3 is 5.32 Å². The van der Waals surface area contributed by atoms with Crippen LogP contribution in [0.5, 0.6) is 0 Å². The lowest BCUT2D eigenvalue weighted by Crippen LogP contribution is -2.35. The summed E-state index contributed by atoms with van der Waals surface area (Å²) in [6.45, 7) is 4.22. The monoisotopic (exact) mass is 321 g/mol. The maximum absolute atomic E-state index is 12.3. The van der Waals surface area contributed by atoms with Gasteiger partial charge in [0.2, 0.25) is 5.91 Å². The fourth-order valence-corrected chi connectivity index (χ4v) is 3.75. The molecule has 112 valence electrons. The second-order valence-electron chi connectivity index (χ2n) is 4.89. The number of benzene rings is 1. The van der Waals surface area contributed by atoms with Gasteiger partial charge in [-0.15, -0.1) is 11.3 Å². The molecule has 0 spiro atoms. The van der Waals surface area contributed by atoms with Crippen molar-refractivity contribution in [2.24, 2.45) is 0 Å². The highest BCUT2D eigenvalue weighted by Crippen LogP contribution is 2.13. The zero-order chi connectivity index (χ0) is 15.2. The molecular formula is C16H19NO2S2. The van der Waals surface area contributed by atoms with Gasteiger partial charge in [0.25, 0.3) is 0 Å². The standard InChI is InChI=1S/C16H19NO2S2/c1-12-6-3-4-7-14(12)11-21(19)13(2)16(18)17-10-15-8-5-9-20-15/h3-9,13H,10-11H2,1-2H3,(H,17,18). The van der Waals surface area contributed by atoms with Crippen molar-refractivity contribution in [1.29, 1.82) is 0 Å². The average molecular weight is 321 g/mol. The van der Waals surface area contributed by atoms with Crippen LogP contribution < -0.4 is 5.32 Å². The lowest BCUT2D eigenvalue weighted by atomic mass is 10.1. The molecule has 5 heteroatoms. The molecule has 0 aliphatic carbocycles. The topological polar surface area (TPSA) is 46.2 Å². The fourth-order valence-electron chi connectivity index (χ4n) is 1.90. The minimum Gasteiger partial charge on any atom is -0.350 e. The normalized spacial score (nSPS) is 13.6. The lowest BCUT2D eigenvalue weighted by Gasteiger charge is -2.12. The zero-order valence-electron chi connectivity index (χ0n) is 12.2. The molecule has 2 unspecified atom stereocenters. The summed E-state index contributed by atoms with van der Waals surface area (Å²) in [6, 6.07) is 11.8. The second kappa shape index (κ2) is 7.52. The summed E-state index contributed by atoms with van der Waals surface area (Å²) in [5.41, 5.74) is 2.14. The van der Waals surface area contributed by atoms with E-state index in [-0.39, 0.29) is 5.91 Å². The molecule has 2 atom stereocenters. The Bertz CT molecular complexity index is 623. The van der Waals surface area contributed by atoms with Crippen LogP contribution in [0.2, 0.25) is 0 Å². The summed E-state index contributed by atoms with van der Waals surface area (Å²) in [5, 5.41) is 4.31. The average Bonchev–Trinajstić information content (AvgIpc) is 2.99. The van der Waals surface area contributed by atoms with Crippen molar-refractivity contribution in [3.63, 3.8) is 0 Å². The van der Waals surface area contributed by atoms with Crippen LogP contribution >= 0.6 is 11.3 Å². The Kier molecular flexibility index (Phi) is 5.70. The number of carbonyl (C=O) groups excluding carboxylic acids is 1. The van der Waals surface area contributed by atoms with Crippen LogP contribution in [0.3, 0.4) is 0 Å². The Morgan fingerprint density at radius 2 is 2.05 bits per heavy atom. The van der Waals surface area contributed by atoms with Gasteiger partial charge in [-0.05, 0) is 36.4 Å². The maximum atomic E-state index is 12.3. The van der Waals surface area contributed by atoms with Crippen LogP contribution in [-0.2, 0) is 27.9 Å². The highest BCUT2D eigenvalue weighted by atomic mass is 32.2. The number of amides is 1. The van der Waals surface area contributed by atoms with Gasteiger partial charge in [0, 0.05) is 21.4 Å². The van der Waals surface area contributed by atoms with E-state index < -0.39 is 16.0 Å². The molecule has 21 heavy (non-hydrogen) atoms. The number of hydrogen-bond donors (Lipinski definition) is 1. The minimum absolute atomic E-state index is 0.157. The van der Waals surface area contributed by atoms with E-state index in [1.54, 1.807) is 18.3 Å². The summed E-state index contributed by atoms with van der Waals surface area (Å²) in [5.74, 6) is 0.260. The second-order valence-corrected chi connectivity index (χ2v) is 7.68. The molecule has 3 nitrogen and oxygen atoms in total. The number of carbonyl (C=O) groups is 1. The lowest BCUT2D eigenvalue weighted by molar-refractivity contribution is -0.120. The highest BCUT2D eigenvalue weighted by Gasteiger charge is 2.20. The molecular weight excluding hydrogens is 302 g/mol. The van der Waals surface area contributed by atoms with Crippen molar-refractivity contribution < 1.29 is 9.00 Å². The van der Waals surface area contributed by atoms with Crippen molar-refractivity contribution in [2.45, 2.75) is 31.4 Å². The van der Waals surface area contributed by atoms with Crippen molar-refractivity contribution in [3.8, 4) is 0 Å². The molecule has 0 aliphatic rings. The summed E-state index contributed by atoms with van der Waals surface area (Å²) in [4.78, 5) is 13.2. The Balaban J connectivity index is 1.89. The van der Waals surface area contributed by atoms with E-state index in [9.17, 15) is 9.00 Å². The van der Waals surface area contributed by atoms with E-state index in [0.29, 0.717) is 12.3 Å². The molecule has 0 aliphatic heterocycles. The molecule has 2 aromatic rings. The maximum Gasteiger partial charge on any atom is 0.235 e. The molecule has 0 radical (unpaired) electrons. The number of thiophene rings is 1. The molecule has 1 heterocycles. The largest absolute Gasteiger partial charge is 0.350 e. The zero-order valence-corrected chi connectivity index (χ0v) is 13.8. The third kappa shape index (κ3) is 4.51. The van der Waals surface area contributed by atoms with Crippen molar-refractivity contribution in [2.75, 3.05) is 0 Å². The first-order chi connectivity index (χ1) is 10.1. The Morgan fingerprint density at radius 3 is 2.71 bits per heavy atom. The van der Waals surface area contributed by atoms with Crippen LogP contribution in [0.15, 0.2) is 41.8 Å². The predicted molar refractivity (Wildman–Crippen MR) is 88.7 cm³/mol. The van der Waals surface area contributed by atoms with Gasteiger partial charge in [-0.1, -0.05) is 30.3 Å². The SMILES string of the molecule is Cc1ccccc1CS(=O)C(C)C(=O)NCc1cccs1. The third-order valence-electron chi connectivity index (χ3n) is 3.34. The number of rotatable bonds is 6. The van der Waals surface area contributed by atoms with Gasteiger partial charge >= 0.3 is 0 Å².